The number of esters is 1. The molecule has 1 rings (SSSR count). The summed E-state index contributed by atoms with van der Waals surface area (Å²) in [4.78, 5) is 32.5. The predicted molar refractivity (Wildman–Crippen MR) is 77.3 cm³/mol. The zero-order chi connectivity index (χ0) is 16.0. The van der Waals surface area contributed by atoms with E-state index < -0.39 is 18.0 Å². The summed E-state index contributed by atoms with van der Waals surface area (Å²) in [5.41, 5.74) is 1.08. The number of rotatable bonds is 6. The van der Waals surface area contributed by atoms with E-state index in [4.69, 9.17) is 9.62 Å². The number of benzene rings is 1. The minimum Gasteiger partial charge on any atom is -0.423 e. The molecule has 5 nitrogen and oxygen atoms in total. The van der Waals surface area contributed by atoms with Crippen LogP contribution in [0.5, 0.6) is 5.75 Å². The van der Waals surface area contributed by atoms with Crippen molar-refractivity contribution in [3.05, 3.63) is 54.1 Å². The molecule has 112 valence electrons. The Morgan fingerprint density at radius 2 is 1.62 bits per heavy atom. The maximum absolute atomic E-state index is 11.6. The molecule has 0 heterocycles. The van der Waals surface area contributed by atoms with Gasteiger partial charge in [-0.3, -0.25) is 4.89 Å². The number of hydrogen-bond acceptors (Lipinski definition) is 5. The zero-order valence-corrected chi connectivity index (χ0v) is 12.3. The molecule has 0 saturated carbocycles. The van der Waals surface area contributed by atoms with Gasteiger partial charge in [0.25, 0.3) is 0 Å². The fraction of sp³-hybridized carbons (Fsp3) is 0.250. The van der Waals surface area contributed by atoms with Gasteiger partial charge in [-0.05, 0) is 26.8 Å². The highest BCUT2D eigenvalue weighted by molar-refractivity contribution is 5.89. The molecule has 1 aromatic carbocycles. The Labute approximate surface area is 123 Å². The Hall–Kier alpha value is -2.40. The molecule has 0 fully saturated rings. The number of hydrogen-bond donors (Lipinski definition) is 0. The molecule has 0 saturated heterocycles. The summed E-state index contributed by atoms with van der Waals surface area (Å²) in [5, 5.41) is 0. The fourth-order valence-corrected chi connectivity index (χ4v) is 1.34. The Bertz CT molecular complexity index is 574. The van der Waals surface area contributed by atoms with Crippen molar-refractivity contribution >= 4 is 11.9 Å². The molecule has 0 bridgehead atoms. The van der Waals surface area contributed by atoms with E-state index >= 15 is 0 Å². The number of carbonyl (C=O) groups is 2. The molecule has 0 aliphatic rings. The first-order chi connectivity index (χ1) is 9.82. The maximum atomic E-state index is 11.6. The molecular formula is C16H18O5. The summed E-state index contributed by atoms with van der Waals surface area (Å²) >= 11 is 0. The third-order valence-corrected chi connectivity index (χ3v) is 2.52. The van der Waals surface area contributed by atoms with Crippen molar-refractivity contribution in [3.63, 3.8) is 0 Å². The van der Waals surface area contributed by atoms with Gasteiger partial charge < -0.3 is 4.74 Å². The quantitative estimate of drug-likeness (QED) is 0.264. The second-order valence-corrected chi connectivity index (χ2v) is 4.60. The lowest BCUT2D eigenvalue weighted by atomic mass is 10.1. The minimum absolute atomic E-state index is 0.226. The Morgan fingerprint density at radius 3 is 2.19 bits per heavy atom. The van der Waals surface area contributed by atoms with Crippen LogP contribution in [0.3, 0.4) is 0 Å². The van der Waals surface area contributed by atoms with E-state index in [1.54, 1.807) is 38.1 Å². The van der Waals surface area contributed by atoms with Crippen LogP contribution in [0.2, 0.25) is 0 Å². The van der Waals surface area contributed by atoms with Crippen molar-refractivity contribution in [2.75, 3.05) is 0 Å². The lowest BCUT2D eigenvalue weighted by molar-refractivity contribution is -0.293. The maximum Gasteiger partial charge on any atom is 0.368 e. The first kappa shape index (κ1) is 16.7. The van der Waals surface area contributed by atoms with Gasteiger partial charge in [0.15, 0.2) is 0 Å². The lowest BCUT2D eigenvalue weighted by Gasteiger charge is -2.15. The van der Waals surface area contributed by atoms with E-state index in [9.17, 15) is 9.59 Å². The highest BCUT2D eigenvalue weighted by Gasteiger charge is 2.17. The summed E-state index contributed by atoms with van der Waals surface area (Å²) in [6.07, 6.45) is -0.609. The third-order valence-electron chi connectivity index (χ3n) is 2.52. The number of ether oxygens (including phenoxy) is 1. The summed E-state index contributed by atoms with van der Waals surface area (Å²) in [7, 11) is 0. The van der Waals surface area contributed by atoms with Crippen LogP contribution in [-0.4, -0.2) is 11.9 Å². The van der Waals surface area contributed by atoms with Crippen LogP contribution in [-0.2, 0) is 19.4 Å². The summed E-state index contributed by atoms with van der Waals surface area (Å²) in [6, 6.07) is 6.81. The number of para-hydroxylation sites is 1. The van der Waals surface area contributed by atoms with E-state index in [1.165, 1.54) is 6.92 Å². The van der Waals surface area contributed by atoms with Gasteiger partial charge in [0.05, 0.1) is 0 Å². The predicted octanol–water partition coefficient (Wildman–Crippen LogP) is 3.28. The molecule has 0 aliphatic carbocycles. The second kappa shape index (κ2) is 7.40. The minimum atomic E-state index is -0.654. The normalized spacial score (nSPS) is 11.4. The smallest absolute Gasteiger partial charge is 0.368 e. The van der Waals surface area contributed by atoms with Crippen LogP contribution < -0.4 is 4.74 Å². The molecule has 5 heteroatoms. The van der Waals surface area contributed by atoms with E-state index in [0.29, 0.717) is 11.3 Å². The standard InChI is InChI=1S/C16H18O5/c1-10(2)15(17)19-14-9-7-6-8-13(14)12(5)20-21-16(18)11(3)4/h6-9,12H,1,3H2,2,4-5H3. The van der Waals surface area contributed by atoms with Gasteiger partial charge in [0.2, 0.25) is 0 Å². The third kappa shape index (κ3) is 4.89. The van der Waals surface area contributed by atoms with Gasteiger partial charge >= 0.3 is 11.9 Å². The molecule has 0 spiro atoms. The van der Waals surface area contributed by atoms with Crippen LogP contribution in [0.4, 0.5) is 0 Å². The zero-order valence-electron chi connectivity index (χ0n) is 12.3. The molecule has 21 heavy (non-hydrogen) atoms. The highest BCUT2D eigenvalue weighted by Crippen LogP contribution is 2.28. The molecule has 1 unspecified atom stereocenters. The van der Waals surface area contributed by atoms with Gasteiger partial charge in [-0.2, -0.15) is 4.89 Å². The van der Waals surface area contributed by atoms with Crippen LogP contribution in [0.1, 0.15) is 32.4 Å². The van der Waals surface area contributed by atoms with E-state index in [2.05, 4.69) is 18.0 Å². The van der Waals surface area contributed by atoms with Crippen molar-refractivity contribution in [3.8, 4) is 5.75 Å². The van der Waals surface area contributed by atoms with E-state index in [-0.39, 0.29) is 11.1 Å². The van der Waals surface area contributed by atoms with Crippen LogP contribution in [0.15, 0.2) is 48.6 Å². The molecule has 0 aliphatic heterocycles. The topological polar surface area (TPSA) is 61.8 Å². The SMILES string of the molecule is C=C(C)C(=O)OOC(C)c1ccccc1OC(=O)C(=C)C. The largest absolute Gasteiger partial charge is 0.423 e. The average molecular weight is 290 g/mol. The Morgan fingerprint density at radius 1 is 1.05 bits per heavy atom. The van der Waals surface area contributed by atoms with Gasteiger partial charge in [-0.15, -0.1) is 0 Å². The van der Waals surface area contributed by atoms with Crippen molar-refractivity contribution in [2.24, 2.45) is 0 Å². The number of carbonyl (C=O) groups excluding carboxylic acids is 2. The van der Waals surface area contributed by atoms with Crippen molar-refractivity contribution in [2.45, 2.75) is 26.9 Å². The van der Waals surface area contributed by atoms with Gasteiger partial charge in [-0.25, -0.2) is 9.59 Å². The average Bonchev–Trinajstić information content (AvgIpc) is 2.44. The van der Waals surface area contributed by atoms with Crippen molar-refractivity contribution in [1.29, 1.82) is 0 Å². The molecule has 0 amide bonds. The van der Waals surface area contributed by atoms with Crippen LogP contribution >= 0.6 is 0 Å². The lowest BCUT2D eigenvalue weighted by Crippen LogP contribution is -2.13. The van der Waals surface area contributed by atoms with Crippen molar-refractivity contribution in [1.82, 2.24) is 0 Å². The highest BCUT2D eigenvalue weighted by atomic mass is 17.2. The van der Waals surface area contributed by atoms with Gasteiger partial charge in [0.1, 0.15) is 11.9 Å². The molecule has 1 atom stereocenters. The van der Waals surface area contributed by atoms with Crippen molar-refractivity contribution < 1.29 is 24.1 Å². The summed E-state index contributed by atoms with van der Waals surface area (Å²) in [6.45, 7) is 11.7. The van der Waals surface area contributed by atoms with Crippen LogP contribution in [0.25, 0.3) is 0 Å². The van der Waals surface area contributed by atoms with E-state index in [1.807, 2.05) is 0 Å². The Kier molecular flexibility index (Phi) is 5.87. The fourth-order valence-electron chi connectivity index (χ4n) is 1.34. The molecular weight excluding hydrogens is 272 g/mol. The van der Waals surface area contributed by atoms with Gasteiger partial charge in [0, 0.05) is 16.7 Å². The van der Waals surface area contributed by atoms with Gasteiger partial charge in [-0.1, -0.05) is 31.4 Å². The molecule has 1 aromatic rings. The first-order valence-electron chi connectivity index (χ1n) is 6.32. The second-order valence-electron chi connectivity index (χ2n) is 4.60. The molecule has 0 aromatic heterocycles. The molecule has 0 N–H and O–H groups in total. The monoisotopic (exact) mass is 290 g/mol. The van der Waals surface area contributed by atoms with E-state index in [0.717, 1.165) is 0 Å². The van der Waals surface area contributed by atoms with Crippen LogP contribution in [0, 0.1) is 0 Å². The summed E-state index contributed by atoms with van der Waals surface area (Å²) in [5.74, 6) is -0.865. The summed E-state index contributed by atoms with van der Waals surface area (Å²) < 4.78 is 5.21. The Balaban J connectivity index is 2.82. The first-order valence-corrected chi connectivity index (χ1v) is 6.32. The molecule has 0 radical (unpaired) electrons.